The lowest BCUT2D eigenvalue weighted by Crippen LogP contribution is -1.91. The highest BCUT2D eigenvalue weighted by molar-refractivity contribution is 7.21. The summed E-state index contributed by atoms with van der Waals surface area (Å²) in [4.78, 5) is 12.1. The van der Waals surface area contributed by atoms with Crippen LogP contribution in [0.5, 0.6) is 5.75 Å². The lowest BCUT2D eigenvalue weighted by atomic mass is 10.1. The van der Waals surface area contributed by atoms with Gasteiger partial charge in [-0.1, -0.05) is 12.1 Å². The number of ether oxygens (including phenoxy) is 1. The summed E-state index contributed by atoms with van der Waals surface area (Å²) >= 11 is 1.51. The number of methoxy groups -OCH3 is 1. The van der Waals surface area contributed by atoms with Crippen molar-refractivity contribution in [3.05, 3.63) is 28.6 Å². The zero-order valence-corrected chi connectivity index (χ0v) is 9.77. The molecule has 0 fully saturated rings. The van der Waals surface area contributed by atoms with Gasteiger partial charge in [-0.3, -0.25) is 4.79 Å². The van der Waals surface area contributed by atoms with Gasteiger partial charge in [0.1, 0.15) is 10.6 Å². The Morgan fingerprint density at radius 3 is 2.73 bits per heavy atom. The van der Waals surface area contributed by atoms with Crippen molar-refractivity contribution in [3.63, 3.8) is 0 Å². The first-order chi connectivity index (χ1) is 7.15. The zero-order valence-electron chi connectivity index (χ0n) is 8.96. The van der Waals surface area contributed by atoms with Crippen LogP contribution in [0.1, 0.15) is 22.2 Å². The maximum Gasteiger partial charge on any atom is 0.173 e. The second kappa shape index (κ2) is 3.66. The summed E-state index contributed by atoms with van der Waals surface area (Å²) < 4.78 is 6.44. The average Bonchev–Trinajstić information content (AvgIpc) is 2.57. The van der Waals surface area contributed by atoms with E-state index in [1.54, 1.807) is 14.0 Å². The van der Waals surface area contributed by atoms with Crippen LogP contribution in [0.3, 0.4) is 0 Å². The molecule has 0 atom stereocenters. The van der Waals surface area contributed by atoms with Crippen molar-refractivity contribution in [1.82, 2.24) is 0 Å². The molecular weight excluding hydrogens is 208 g/mol. The van der Waals surface area contributed by atoms with E-state index in [9.17, 15) is 4.79 Å². The van der Waals surface area contributed by atoms with Crippen molar-refractivity contribution in [3.8, 4) is 5.75 Å². The number of hydrogen-bond acceptors (Lipinski definition) is 3. The zero-order chi connectivity index (χ0) is 11.0. The third-order valence-electron chi connectivity index (χ3n) is 2.39. The molecule has 2 aromatic rings. The Hall–Kier alpha value is -1.35. The van der Waals surface area contributed by atoms with Crippen molar-refractivity contribution < 1.29 is 9.53 Å². The average molecular weight is 220 g/mol. The minimum Gasteiger partial charge on any atom is -0.494 e. The molecule has 0 saturated heterocycles. The molecule has 0 N–H and O–H groups in total. The molecule has 0 bridgehead atoms. The van der Waals surface area contributed by atoms with Gasteiger partial charge in [-0.25, -0.2) is 0 Å². The van der Waals surface area contributed by atoms with Crippen LogP contribution in [0.25, 0.3) is 10.1 Å². The molecule has 0 aliphatic carbocycles. The van der Waals surface area contributed by atoms with E-state index in [0.29, 0.717) is 10.6 Å². The normalized spacial score (nSPS) is 10.6. The molecule has 78 valence electrons. The van der Waals surface area contributed by atoms with Crippen LogP contribution in [0.4, 0.5) is 0 Å². The minimum atomic E-state index is 0.0625. The van der Waals surface area contributed by atoms with Crippen LogP contribution in [0.15, 0.2) is 18.2 Å². The van der Waals surface area contributed by atoms with E-state index in [0.717, 1.165) is 10.1 Å². The Kier molecular flexibility index (Phi) is 2.49. The topological polar surface area (TPSA) is 26.3 Å². The maximum atomic E-state index is 11.4. The van der Waals surface area contributed by atoms with Crippen LogP contribution in [0, 0.1) is 6.92 Å². The number of benzene rings is 1. The summed E-state index contributed by atoms with van der Waals surface area (Å²) in [6.45, 7) is 3.62. The Morgan fingerprint density at radius 2 is 2.13 bits per heavy atom. The van der Waals surface area contributed by atoms with Crippen molar-refractivity contribution >= 4 is 27.2 Å². The number of rotatable bonds is 2. The third-order valence-corrected chi connectivity index (χ3v) is 3.81. The predicted octanol–water partition coefficient (Wildman–Crippen LogP) is 3.42. The molecule has 15 heavy (non-hydrogen) atoms. The van der Waals surface area contributed by atoms with E-state index < -0.39 is 0 Å². The molecule has 1 heterocycles. The van der Waals surface area contributed by atoms with Crippen molar-refractivity contribution in [1.29, 1.82) is 0 Å². The highest BCUT2D eigenvalue weighted by atomic mass is 32.1. The molecule has 0 aliphatic heterocycles. The van der Waals surface area contributed by atoms with Gasteiger partial charge in [-0.2, -0.15) is 0 Å². The molecule has 0 aliphatic rings. The summed E-state index contributed by atoms with van der Waals surface area (Å²) in [5.41, 5.74) is 1.18. The molecule has 3 heteroatoms. The number of ketones is 1. The summed E-state index contributed by atoms with van der Waals surface area (Å²) in [5, 5.41) is 1.03. The molecule has 0 saturated carbocycles. The van der Waals surface area contributed by atoms with Gasteiger partial charge in [0.2, 0.25) is 0 Å². The smallest absolute Gasteiger partial charge is 0.173 e. The van der Waals surface area contributed by atoms with E-state index in [1.165, 1.54) is 16.9 Å². The van der Waals surface area contributed by atoms with Crippen LogP contribution < -0.4 is 4.74 Å². The molecule has 0 spiro atoms. The first kappa shape index (κ1) is 10.2. The number of hydrogen-bond donors (Lipinski definition) is 0. The van der Waals surface area contributed by atoms with E-state index in [1.807, 2.05) is 25.1 Å². The van der Waals surface area contributed by atoms with E-state index in [2.05, 4.69) is 0 Å². The molecule has 1 aromatic heterocycles. The number of fused-ring (bicyclic) bond motifs is 1. The van der Waals surface area contributed by atoms with Gasteiger partial charge in [-0.05, 0) is 18.6 Å². The SMILES string of the molecule is COc1c(C(C)=O)sc2c(C)cccc12. The van der Waals surface area contributed by atoms with E-state index in [-0.39, 0.29) is 5.78 Å². The Bertz CT molecular complexity index is 526. The number of thiophene rings is 1. The lowest BCUT2D eigenvalue weighted by molar-refractivity contribution is 0.101. The molecule has 1 aromatic carbocycles. The Balaban J connectivity index is 2.84. The highest BCUT2D eigenvalue weighted by Gasteiger charge is 2.16. The van der Waals surface area contributed by atoms with Crippen LogP contribution in [-0.2, 0) is 0 Å². The summed E-state index contributed by atoms with van der Waals surface area (Å²) in [6, 6.07) is 6.02. The van der Waals surface area contributed by atoms with Gasteiger partial charge in [0, 0.05) is 17.0 Å². The van der Waals surface area contributed by atoms with E-state index >= 15 is 0 Å². The predicted molar refractivity (Wildman–Crippen MR) is 63.1 cm³/mol. The molecular formula is C12H12O2S. The molecule has 0 unspecified atom stereocenters. The summed E-state index contributed by atoms with van der Waals surface area (Å²) in [6.07, 6.45) is 0. The Morgan fingerprint density at radius 1 is 1.40 bits per heavy atom. The summed E-state index contributed by atoms with van der Waals surface area (Å²) in [5.74, 6) is 0.777. The lowest BCUT2D eigenvalue weighted by Gasteiger charge is -1.99. The molecule has 0 radical (unpaired) electrons. The number of aryl methyl sites for hydroxylation is 1. The second-order valence-electron chi connectivity index (χ2n) is 3.47. The third kappa shape index (κ3) is 1.53. The molecule has 2 rings (SSSR count). The first-order valence-electron chi connectivity index (χ1n) is 4.72. The van der Waals surface area contributed by atoms with Crippen molar-refractivity contribution in [2.24, 2.45) is 0 Å². The number of carbonyl (C=O) groups excluding carboxylic acids is 1. The quantitative estimate of drug-likeness (QED) is 0.725. The van der Waals surface area contributed by atoms with Gasteiger partial charge in [-0.15, -0.1) is 11.3 Å². The maximum absolute atomic E-state index is 11.4. The minimum absolute atomic E-state index is 0.0625. The Labute approximate surface area is 92.5 Å². The highest BCUT2D eigenvalue weighted by Crippen LogP contribution is 2.39. The fourth-order valence-corrected chi connectivity index (χ4v) is 2.81. The van der Waals surface area contributed by atoms with Crippen molar-refractivity contribution in [2.75, 3.05) is 7.11 Å². The monoisotopic (exact) mass is 220 g/mol. The van der Waals surface area contributed by atoms with E-state index in [4.69, 9.17) is 4.74 Å². The van der Waals surface area contributed by atoms with Crippen LogP contribution in [0.2, 0.25) is 0 Å². The molecule has 2 nitrogen and oxygen atoms in total. The largest absolute Gasteiger partial charge is 0.494 e. The summed E-state index contributed by atoms with van der Waals surface area (Å²) in [7, 11) is 1.61. The van der Waals surface area contributed by atoms with Crippen molar-refractivity contribution in [2.45, 2.75) is 13.8 Å². The van der Waals surface area contributed by atoms with Crippen LogP contribution in [-0.4, -0.2) is 12.9 Å². The second-order valence-corrected chi connectivity index (χ2v) is 4.49. The number of carbonyl (C=O) groups is 1. The van der Waals surface area contributed by atoms with Gasteiger partial charge < -0.3 is 4.74 Å². The van der Waals surface area contributed by atoms with Gasteiger partial charge in [0.15, 0.2) is 5.78 Å². The van der Waals surface area contributed by atoms with Gasteiger partial charge >= 0.3 is 0 Å². The van der Waals surface area contributed by atoms with Gasteiger partial charge in [0.05, 0.1) is 7.11 Å². The van der Waals surface area contributed by atoms with Crippen LogP contribution >= 0.6 is 11.3 Å². The first-order valence-corrected chi connectivity index (χ1v) is 5.54. The molecule has 0 amide bonds. The van der Waals surface area contributed by atoms with Gasteiger partial charge in [0.25, 0.3) is 0 Å². The fourth-order valence-electron chi connectivity index (χ4n) is 1.67. The number of Topliss-reactive ketones (excluding diaryl/α,β-unsaturated/α-hetero) is 1. The standard InChI is InChI=1S/C12H12O2S/c1-7-5-4-6-9-10(14-3)12(8(2)13)15-11(7)9/h4-6H,1-3H3. The fraction of sp³-hybridized carbons (Fsp3) is 0.250.